The van der Waals surface area contributed by atoms with Gasteiger partial charge in [-0.1, -0.05) is 29.8 Å². The largest absolute Gasteiger partial charge is 0.326 e. The molecule has 4 atom stereocenters. The summed E-state index contributed by atoms with van der Waals surface area (Å²) >= 11 is 6.05. The fourth-order valence-corrected chi connectivity index (χ4v) is 4.47. The smallest absolute Gasteiger partial charge is 0.233 e. The number of allylic oxidation sites excluding steroid dienone is 2. The SMILES string of the molecule is Cc1ccc(NC(=O)CCN2C(=O)[C@@H]3[C@@H](C2=O)[C@H]2C=C[C@H]3C2)cc1Cl. The summed E-state index contributed by atoms with van der Waals surface area (Å²) in [5.41, 5.74) is 1.54. The molecule has 1 saturated heterocycles. The number of amides is 3. The molecule has 1 aliphatic heterocycles. The molecule has 2 bridgehead atoms. The average Bonchev–Trinajstić information content (AvgIpc) is 3.24. The maximum atomic E-state index is 12.6. The number of rotatable bonds is 4. The van der Waals surface area contributed by atoms with Crippen molar-refractivity contribution in [2.45, 2.75) is 19.8 Å². The van der Waals surface area contributed by atoms with Crippen LogP contribution in [0.5, 0.6) is 0 Å². The highest BCUT2D eigenvalue weighted by atomic mass is 35.5. The molecule has 1 saturated carbocycles. The molecule has 1 N–H and O–H groups in total. The number of halogens is 1. The van der Waals surface area contributed by atoms with Gasteiger partial charge < -0.3 is 5.32 Å². The fraction of sp³-hybridized carbons (Fsp3) is 0.421. The van der Waals surface area contributed by atoms with Crippen LogP contribution in [0.4, 0.5) is 5.69 Å². The Kier molecular flexibility index (Phi) is 3.91. The van der Waals surface area contributed by atoms with Gasteiger partial charge in [0, 0.05) is 23.7 Å². The topological polar surface area (TPSA) is 66.5 Å². The molecule has 0 unspecified atom stereocenters. The highest BCUT2D eigenvalue weighted by molar-refractivity contribution is 6.31. The highest BCUT2D eigenvalue weighted by Crippen LogP contribution is 2.52. The van der Waals surface area contributed by atoms with Crippen LogP contribution in [0.25, 0.3) is 0 Å². The average molecular weight is 359 g/mol. The van der Waals surface area contributed by atoms with Gasteiger partial charge in [0.1, 0.15) is 0 Å². The minimum Gasteiger partial charge on any atom is -0.326 e. The molecule has 6 heteroatoms. The predicted octanol–water partition coefficient (Wildman–Crippen LogP) is 2.78. The Morgan fingerprint density at radius 1 is 1.20 bits per heavy atom. The zero-order valence-corrected chi connectivity index (χ0v) is 14.6. The number of anilines is 1. The number of carbonyl (C=O) groups excluding carboxylic acids is 3. The molecule has 1 aromatic carbocycles. The Labute approximate surface area is 151 Å². The number of aryl methyl sites for hydroxylation is 1. The van der Waals surface area contributed by atoms with E-state index in [1.165, 1.54) is 4.90 Å². The van der Waals surface area contributed by atoms with Crippen LogP contribution >= 0.6 is 11.6 Å². The van der Waals surface area contributed by atoms with Crippen molar-refractivity contribution in [3.05, 3.63) is 40.9 Å². The van der Waals surface area contributed by atoms with E-state index in [0.717, 1.165) is 12.0 Å². The minimum absolute atomic E-state index is 0.0885. The zero-order valence-electron chi connectivity index (χ0n) is 13.9. The van der Waals surface area contributed by atoms with Crippen LogP contribution in [0.1, 0.15) is 18.4 Å². The van der Waals surface area contributed by atoms with E-state index in [2.05, 4.69) is 17.5 Å². The Bertz CT molecular complexity index is 774. The van der Waals surface area contributed by atoms with Gasteiger partial charge in [0.15, 0.2) is 0 Å². The van der Waals surface area contributed by atoms with Gasteiger partial charge in [-0.15, -0.1) is 0 Å². The maximum absolute atomic E-state index is 12.6. The maximum Gasteiger partial charge on any atom is 0.233 e. The third kappa shape index (κ3) is 2.67. The Hall–Kier alpha value is -2.14. The Morgan fingerprint density at radius 2 is 1.84 bits per heavy atom. The summed E-state index contributed by atoms with van der Waals surface area (Å²) in [6.45, 7) is 2.02. The zero-order chi connectivity index (χ0) is 17.7. The molecule has 1 aromatic rings. The number of fused-ring (bicyclic) bond motifs is 5. The van der Waals surface area contributed by atoms with Crippen molar-refractivity contribution in [3.8, 4) is 0 Å². The molecule has 4 rings (SSSR count). The molecule has 2 fully saturated rings. The van der Waals surface area contributed by atoms with Gasteiger partial charge in [-0.05, 0) is 42.9 Å². The second-order valence-electron chi connectivity index (χ2n) is 7.09. The highest BCUT2D eigenvalue weighted by Gasteiger charge is 2.58. The van der Waals surface area contributed by atoms with Crippen molar-refractivity contribution in [1.82, 2.24) is 4.90 Å². The lowest BCUT2D eigenvalue weighted by atomic mass is 9.85. The standard InChI is InChI=1S/C19H19ClN2O3/c1-10-2-5-13(9-14(10)20)21-15(23)6-7-22-18(24)16-11-3-4-12(8-11)17(16)19(22)25/h2-5,9,11-12,16-17H,6-8H2,1H3,(H,21,23)/t11-,12-,16-,17-/m0/s1. The summed E-state index contributed by atoms with van der Waals surface area (Å²) < 4.78 is 0. The summed E-state index contributed by atoms with van der Waals surface area (Å²) in [5, 5.41) is 3.34. The van der Waals surface area contributed by atoms with Gasteiger partial charge in [0.05, 0.1) is 11.8 Å². The van der Waals surface area contributed by atoms with Crippen LogP contribution in [-0.2, 0) is 14.4 Å². The molecule has 5 nitrogen and oxygen atoms in total. The number of benzene rings is 1. The first-order valence-corrected chi connectivity index (χ1v) is 8.93. The molecule has 2 aliphatic carbocycles. The van der Waals surface area contributed by atoms with Crippen molar-refractivity contribution < 1.29 is 14.4 Å². The van der Waals surface area contributed by atoms with Gasteiger partial charge in [0.25, 0.3) is 0 Å². The molecule has 25 heavy (non-hydrogen) atoms. The first-order valence-electron chi connectivity index (χ1n) is 8.55. The molecule has 3 aliphatic rings. The van der Waals surface area contributed by atoms with Crippen LogP contribution < -0.4 is 5.32 Å². The molecule has 0 radical (unpaired) electrons. The molecule has 1 heterocycles. The van der Waals surface area contributed by atoms with Gasteiger partial charge in [0.2, 0.25) is 17.7 Å². The van der Waals surface area contributed by atoms with E-state index < -0.39 is 0 Å². The lowest BCUT2D eigenvalue weighted by Crippen LogP contribution is -2.35. The summed E-state index contributed by atoms with van der Waals surface area (Å²) in [6, 6.07) is 5.29. The van der Waals surface area contributed by atoms with E-state index in [9.17, 15) is 14.4 Å². The van der Waals surface area contributed by atoms with Gasteiger partial charge in [-0.3, -0.25) is 19.3 Å². The van der Waals surface area contributed by atoms with E-state index in [-0.39, 0.29) is 54.4 Å². The second kappa shape index (κ2) is 5.99. The number of imide groups is 1. The number of nitrogens with one attached hydrogen (secondary N) is 1. The molecular weight excluding hydrogens is 340 g/mol. The van der Waals surface area contributed by atoms with Crippen LogP contribution in [0.3, 0.4) is 0 Å². The Balaban J connectivity index is 1.37. The van der Waals surface area contributed by atoms with Crippen LogP contribution in [-0.4, -0.2) is 29.2 Å². The first-order chi connectivity index (χ1) is 12.0. The van der Waals surface area contributed by atoms with Gasteiger partial charge >= 0.3 is 0 Å². The summed E-state index contributed by atoms with van der Waals surface area (Å²) in [4.78, 5) is 38.6. The molecular formula is C19H19ClN2O3. The quantitative estimate of drug-likeness (QED) is 0.664. The number of hydrogen-bond acceptors (Lipinski definition) is 3. The molecule has 3 amide bonds. The number of likely N-dealkylation sites (tertiary alicyclic amines) is 1. The van der Waals surface area contributed by atoms with Crippen molar-refractivity contribution >= 4 is 35.0 Å². The third-order valence-electron chi connectivity index (χ3n) is 5.58. The fourth-order valence-electron chi connectivity index (χ4n) is 4.29. The monoisotopic (exact) mass is 358 g/mol. The number of hydrogen-bond donors (Lipinski definition) is 1. The van der Waals surface area contributed by atoms with Crippen molar-refractivity contribution in [2.75, 3.05) is 11.9 Å². The van der Waals surface area contributed by atoms with Crippen molar-refractivity contribution in [2.24, 2.45) is 23.7 Å². The Morgan fingerprint density at radius 3 is 2.44 bits per heavy atom. The number of carbonyl (C=O) groups is 3. The normalized spacial score (nSPS) is 29.4. The van der Waals surface area contributed by atoms with Crippen molar-refractivity contribution in [3.63, 3.8) is 0 Å². The van der Waals surface area contributed by atoms with Crippen LogP contribution in [0.2, 0.25) is 5.02 Å². The number of nitrogens with zero attached hydrogens (tertiary/aromatic N) is 1. The molecule has 130 valence electrons. The van der Waals surface area contributed by atoms with E-state index in [1.54, 1.807) is 12.1 Å². The van der Waals surface area contributed by atoms with Crippen LogP contribution in [0.15, 0.2) is 30.4 Å². The lowest BCUT2D eigenvalue weighted by molar-refractivity contribution is -0.140. The molecule has 0 aromatic heterocycles. The van der Waals surface area contributed by atoms with Crippen molar-refractivity contribution in [1.29, 1.82) is 0 Å². The summed E-state index contributed by atoms with van der Waals surface area (Å²) in [6.07, 6.45) is 5.13. The first kappa shape index (κ1) is 16.3. The van der Waals surface area contributed by atoms with E-state index in [4.69, 9.17) is 11.6 Å². The van der Waals surface area contributed by atoms with Gasteiger partial charge in [-0.2, -0.15) is 0 Å². The van der Waals surface area contributed by atoms with E-state index in [1.807, 2.05) is 13.0 Å². The van der Waals surface area contributed by atoms with E-state index >= 15 is 0 Å². The second-order valence-corrected chi connectivity index (χ2v) is 7.50. The lowest BCUT2D eigenvalue weighted by Gasteiger charge is -2.17. The molecule has 0 spiro atoms. The summed E-state index contributed by atoms with van der Waals surface area (Å²) in [7, 11) is 0. The predicted molar refractivity (Wildman–Crippen MR) is 93.9 cm³/mol. The summed E-state index contributed by atoms with van der Waals surface area (Å²) in [5.74, 6) is -0.488. The van der Waals surface area contributed by atoms with Crippen LogP contribution in [0, 0.1) is 30.6 Å². The van der Waals surface area contributed by atoms with Gasteiger partial charge in [-0.25, -0.2) is 0 Å². The minimum atomic E-state index is -0.237. The third-order valence-corrected chi connectivity index (χ3v) is 5.99. The van der Waals surface area contributed by atoms with E-state index in [0.29, 0.717) is 10.7 Å².